The Morgan fingerprint density at radius 3 is 2.76 bits per heavy atom. The maximum atomic E-state index is 10.2. The molecule has 5 N–H and O–H groups in total. The molecule has 2 aromatic heterocycles. The number of nitrogen functional groups attached to an aromatic ring is 1. The number of aromatic hydroxyl groups is 1. The summed E-state index contributed by atoms with van der Waals surface area (Å²) in [6.45, 7) is 3.43. The number of H-pyrrole nitrogens is 1. The van der Waals surface area contributed by atoms with Crippen LogP contribution in [0.25, 0.3) is 11.2 Å². The molecule has 34 heavy (non-hydrogen) atoms. The Balaban J connectivity index is 1.51. The number of aromatic amines is 1. The van der Waals surface area contributed by atoms with E-state index in [0.29, 0.717) is 28.3 Å². The van der Waals surface area contributed by atoms with Crippen LogP contribution >= 0.6 is 0 Å². The summed E-state index contributed by atoms with van der Waals surface area (Å²) in [6.07, 6.45) is 0. The van der Waals surface area contributed by atoms with Crippen LogP contribution in [-0.2, 0) is 0 Å². The molecule has 0 atom stereocenters. The van der Waals surface area contributed by atoms with Crippen molar-refractivity contribution in [1.82, 2.24) is 24.8 Å². The number of aromatic nitrogens is 4. The maximum Gasteiger partial charge on any atom is 0.327 e. The number of nitrogens with two attached hydrogens (primary N) is 1. The van der Waals surface area contributed by atoms with Crippen molar-refractivity contribution in [2.75, 3.05) is 20.1 Å². The van der Waals surface area contributed by atoms with Gasteiger partial charge < -0.3 is 30.2 Å². The van der Waals surface area contributed by atoms with E-state index < -0.39 is 0 Å². The summed E-state index contributed by atoms with van der Waals surface area (Å²) >= 11 is 0. The lowest BCUT2D eigenvalue weighted by Crippen LogP contribution is -2.23. The normalized spacial score (nSPS) is 13.2. The van der Waals surface area contributed by atoms with Gasteiger partial charge in [0.1, 0.15) is 23.2 Å². The molecule has 0 unspecified atom stereocenters. The van der Waals surface area contributed by atoms with Gasteiger partial charge in [-0.2, -0.15) is 9.97 Å². The van der Waals surface area contributed by atoms with Gasteiger partial charge in [-0.3, -0.25) is 10.4 Å². The Bertz CT molecular complexity index is 1450. The van der Waals surface area contributed by atoms with Gasteiger partial charge in [-0.25, -0.2) is 4.98 Å². The Hall–Kier alpha value is -4.67. The van der Waals surface area contributed by atoms with Crippen LogP contribution in [0.4, 0.5) is 0 Å². The van der Waals surface area contributed by atoms with E-state index in [1.165, 1.54) is 18.2 Å². The average Bonchev–Trinajstić information content (AvgIpc) is 3.40. The van der Waals surface area contributed by atoms with Gasteiger partial charge in [-0.1, -0.05) is 12.1 Å². The number of benzene rings is 2. The number of phenols is 1. The van der Waals surface area contributed by atoms with Crippen LogP contribution in [0.5, 0.6) is 29.1 Å². The largest absolute Gasteiger partial charge is 0.504 e. The molecule has 0 fully saturated rings. The number of amidine groups is 2. The van der Waals surface area contributed by atoms with E-state index in [0.717, 1.165) is 24.5 Å². The fourth-order valence-electron chi connectivity index (χ4n) is 3.60. The van der Waals surface area contributed by atoms with Crippen molar-refractivity contribution in [3.63, 3.8) is 0 Å². The third-order valence-corrected chi connectivity index (χ3v) is 5.25. The van der Waals surface area contributed by atoms with E-state index in [2.05, 4.69) is 29.8 Å². The standard InChI is InChI=1S/C23H22N8O3/c1-12-27-18-20(28-12)29-23(34-17-11-13(19(24)25)6-7-16(17)32)30-22(18)33-15-5-3-4-14(10-15)21-26-8-9-31(21)2/h3-7,10-11,32H,8-9H2,1-2H3,(H3,24,25)(H,27,28,29,30). The quantitative estimate of drug-likeness (QED) is 0.253. The zero-order chi connectivity index (χ0) is 23.8. The molecule has 1 aliphatic heterocycles. The lowest BCUT2D eigenvalue weighted by Gasteiger charge is -2.14. The number of imidazole rings is 1. The lowest BCUT2D eigenvalue weighted by atomic mass is 10.2. The molecule has 3 heterocycles. The highest BCUT2D eigenvalue weighted by atomic mass is 16.5. The Morgan fingerprint density at radius 1 is 1.15 bits per heavy atom. The van der Waals surface area contributed by atoms with Crippen LogP contribution in [0.15, 0.2) is 47.5 Å². The van der Waals surface area contributed by atoms with Crippen LogP contribution in [0, 0.1) is 12.3 Å². The minimum Gasteiger partial charge on any atom is -0.504 e. The molecule has 11 nitrogen and oxygen atoms in total. The van der Waals surface area contributed by atoms with E-state index in [9.17, 15) is 5.11 Å². The SMILES string of the molecule is Cc1nc2c(Oc3cccc(C4=NCCN4C)c3)nc(Oc3cc(C(=N)N)ccc3O)nc2[nH]1. The molecule has 5 rings (SSSR count). The monoisotopic (exact) mass is 458 g/mol. The Morgan fingerprint density at radius 2 is 2.00 bits per heavy atom. The lowest BCUT2D eigenvalue weighted by molar-refractivity contribution is 0.384. The van der Waals surface area contributed by atoms with E-state index in [4.69, 9.17) is 20.6 Å². The summed E-state index contributed by atoms with van der Waals surface area (Å²) in [5, 5.41) is 17.8. The van der Waals surface area contributed by atoms with Crippen molar-refractivity contribution in [1.29, 1.82) is 5.41 Å². The molecule has 172 valence electrons. The van der Waals surface area contributed by atoms with Crippen molar-refractivity contribution in [2.45, 2.75) is 6.92 Å². The highest BCUT2D eigenvalue weighted by molar-refractivity contribution is 6.00. The summed E-state index contributed by atoms with van der Waals surface area (Å²) < 4.78 is 11.8. The van der Waals surface area contributed by atoms with Crippen LogP contribution in [-0.4, -0.2) is 61.8 Å². The predicted molar refractivity (Wildman–Crippen MR) is 126 cm³/mol. The van der Waals surface area contributed by atoms with Gasteiger partial charge in [-0.05, 0) is 37.3 Å². The Kier molecular flexibility index (Phi) is 5.21. The minimum atomic E-state index is -0.160. The highest BCUT2D eigenvalue weighted by Crippen LogP contribution is 2.33. The van der Waals surface area contributed by atoms with Crippen molar-refractivity contribution in [3.8, 4) is 29.1 Å². The van der Waals surface area contributed by atoms with Crippen LogP contribution in [0.1, 0.15) is 17.0 Å². The molecule has 0 amide bonds. The van der Waals surface area contributed by atoms with Gasteiger partial charge in [0.25, 0.3) is 5.88 Å². The molecule has 1 aliphatic rings. The van der Waals surface area contributed by atoms with Crippen molar-refractivity contribution in [2.24, 2.45) is 10.7 Å². The third kappa shape index (κ3) is 4.06. The average molecular weight is 458 g/mol. The molecule has 0 bridgehead atoms. The molecule has 0 saturated heterocycles. The molecule has 4 aromatic rings. The number of aryl methyl sites for hydroxylation is 1. The summed E-state index contributed by atoms with van der Waals surface area (Å²) in [7, 11) is 2.00. The number of nitrogens with zero attached hydrogens (tertiary/aromatic N) is 5. The highest BCUT2D eigenvalue weighted by Gasteiger charge is 2.19. The molecular formula is C23H22N8O3. The van der Waals surface area contributed by atoms with Gasteiger partial charge >= 0.3 is 6.01 Å². The predicted octanol–water partition coefficient (Wildman–Crippen LogP) is 2.93. The number of phenolic OH excluding ortho intramolecular Hbond substituents is 1. The summed E-state index contributed by atoms with van der Waals surface area (Å²) in [5.41, 5.74) is 7.72. The first kappa shape index (κ1) is 21.2. The van der Waals surface area contributed by atoms with E-state index in [1.54, 1.807) is 6.92 Å². The first-order valence-corrected chi connectivity index (χ1v) is 10.5. The minimum absolute atomic E-state index is 0.0542. The first-order valence-electron chi connectivity index (χ1n) is 10.5. The Labute approximate surface area is 194 Å². The van der Waals surface area contributed by atoms with Gasteiger partial charge in [0.15, 0.2) is 22.7 Å². The van der Waals surface area contributed by atoms with Crippen molar-refractivity contribution in [3.05, 3.63) is 59.4 Å². The first-order chi connectivity index (χ1) is 16.4. The molecule has 11 heteroatoms. The fraction of sp³-hybridized carbons (Fsp3) is 0.174. The molecule has 0 radical (unpaired) electrons. The van der Waals surface area contributed by atoms with Crippen LogP contribution in [0.3, 0.4) is 0 Å². The number of ether oxygens (including phenoxy) is 2. The summed E-state index contributed by atoms with van der Waals surface area (Å²) in [4.78, 5) is 22.9. The molecule has 2 aromatic carbocycles. The summed E-state index contributed by atoms with van der Waals surface area (Å²) in [5.74, 6) is 2.01. The van der Waals surface area contributed by atoms with Gasteiger partial charge in [0.05, 0.1) is 6.54 Å². The second-order valence-electron chi connectivity index (χ2n) is 7.79. The number of likely N-dealkylation sites (N-methyl/N-ethyl adjacent to an activating group) is 1. The number of aliphatic imine (C=N–C) groups is 1. The van der Waals surface area contributed by atoms with Crippen molar-refractivity contribution >= 4 is 22.8 Å². The number of hydrogen-bond acceptors (Lipinski definition) is 9. The van der Waals surface area contributed by atoms with E-state index in [1.807, 2.05) is 31.3 Å². The number of rotatable bonds is 6. The fourth-order valence-corrected chi connectivity index (χ4v) is 3.60. The topological polar surface area (TPSA) is 159 Å². The maximum absolute atomic E-state index is 10.2. The van der Waals surface area contributed by atoms with Crippen molar-refractivity contribution < 1.29 is 14.6 Å². The number of hydrogen-bond donors (Lipinski definition) is 4. The molecular weight excluding hydrogens is 436 g/mol. The number of nitrogens with one attached hydrogen (secondary N) is 2. The van der Waals surface area contributed by atoms with Gasteiger partial charge in [-0.15, -0.1) is 0 Å². The smallest absolute Gasteiger partial charge is 0.327 e. The van der Waals surface area contributed by atoms with E-state index in [-0.39, 0.29) is 29.2 Å². The zero-order valence-electron chi connectivity index (χ0n) is 18.5. The second kappa shape index (κ2) is 8.35. The van der Waals surface area contributed by atoms with Gasteiger partial charge in [0, 0.05) is 24.7 Å². The molecule has 0 saturated carbocycles. The summed E-state index contributed by atoms with van der Waals surface area (Å²) in [6, 6.07) is 11.8. The van der Waals surface area contributed by atoms with Crippen LogP contribution in [0.2, 0.25) is 0 Å². The molecule has 0 aliphatic carbocycles. The number of fused-ring (bicyclic) bond motifs is 1. The van der Waals surface area contributed by atoms with Gasteiger partial charge in [0.2, 0.25) is 0 Å². The van der Waals surface area contributed by atoms with Crippen LogP contribution < -0.4 is 15.2 Å². The third-order valence-electron chi connectivity index (χ3n) is 5.25. The zero-order valence-corrected chi connectivity index (χ0v) is 18.5. The van der Waals surface area contributed by atoms with E-state index >= 15 is 0 Å². The second-order valence-corrected chi connectivity index (χ2v) is 7.79. The molecule has 0 spiro atoms.